The number of hydrogen-bond acceptors (Lipinski definition) is 5. The molecule has 0 saturated carbocycles. The monoisotopic (exact) mass is 343 g/mol. The fourth-order valence-electron chi connectivity index (χ4n) is 3.95. The molecule has 2 aliphatic heterocycles. The molecule has 0 aromatic carbocycles. The lowest BCUT2D eigenvalue weighted by molar-refractivity contribution is -0.139. The highest BCUT2D eigenvalue weighted by Crippen LogP contribution is 2.28. The topological polar surface area (TPSA) is 82.9 Å². The molecule has 8 nitrogen and oxygen atoms in total. The first kappa shape index (κ1) is 16.3. The molecule has 4 rings (SSSR count). The average molecular weight is 343 g/mol. The average Bonchev–Trinajstić information content (AvgIpc) is 3.20. The van der Waals surface area contributed by atoms with Crippen LogP contribution < -0.4 is 0 Å². The van der Waals surface area contributed by atoms with Crippen molar-refractivity contribution in [2.24, 2.45) is 0 Å². The minimum atomic E-state index is -0.133. The predicted molar refractivity (Wildman–Crippen MR) is 91.9 cm³/mol. The van der Waals surface area contributed by atoms with Crippen LogP contribution in [0.5, 0.6) is 0 Å². The molecular weight excluding hydrogens is 318 g/mol. The van der Waals surface area contributed by atoms with Gasteiger partial charge in [-0.05, 0) is 39.8 Å². The molecule has 2 aromatic heterocycles. The molecule has 2 aromatic rings. The summed E-state index contributed by atoms with van der Waals surface area (Å²) in [4.78, 5) is 17.2. The molecule has 1 amide bonds. The molecule has 0 radical (unpaired) electrons. The summed E-state index contributed by atoms with van der Waals surface area (Å²) in [5.41, 5.74) is 2.22. The van der Waals surface area contributed by atoms with Gasteiger partial charge >= 0.3 is 0 Å². The maximum absolute atomic E-state index is 13.1. The fraction of sp³-hybridized carbons (Fsp3) is 0.647. The van der Waals surface area contributed by atoms with Crippen molar-refractivity contribution in [2.75, 3.05) is 20.1 Å². The fourth-order valence-corrected chi connectivity index (χ4v) is 3.95. The van der Waals surface area contributed by atoms with E-state index in [4.69, 9.17) is 0 Å². The number of H-pyrrole nitrogens is 1. The van der Waals surface area contributed by atoms with Crippen molar-refractivity contribution < 1.29 is 4.79 Å². The first-order valence-corrected chi connectivity index (χ1v) is 8.92. The minimum Gasteiger partial charge on any atom is -0.341 e. The first-order valence-electron chi connectivity index (χ1n) is 8.92. The zero-order valence-electron chi connectivity index (χ0n) is 15.1. The van der Waals surface area contributed by atoms with Crippen LogP contribution in [0.3, 0.4) is 0 Å². The van der Waals surface area contributed by atoms with Gasteiger partial charge in [-0.1, -0.05) is 0 Å². The normalized spacial score (nSPS) is 22.2. The van der Waals surface area contributed by atoms with Crippen LogP contribution in [-0.4, -0.2) is 66.8 Å². The highest BCUT2D eigenvalue weighted by molar-refractivity contribution is 5.82. The number of amides is 1. The molecule has 1 fully saturated rings. The van der Waals surface area contributed by atoms with E-state index in [9.17, 15) is 4.79 Å². The summed E-state index contributed by atoms with van der Waals surface area (Å²) in [7, 11) is 2.00. The molecule has 1 N–H and O–H groups in total. The number of piperidine rings is 1. The Morgan fingerprint density at radius 2 is 2.00 bits per heavy atom. The number of rotatable bonds is 2. The number of fused-ring (bicyclic) bond motifs is 1. The van der Waals surface area contributed by atoms with Crippen LogP contribution in [0.15, 0.2) is 6.07 Å². The molecule has 0 bridgehead atoms. The van der Waals surface area contributed by atoms with Crippen LogP contribution in [-0.2, 0) is 17.9 Å². The largest absolute Gasteiger partial charge is 0.341 e. The molecule has 1 saturated heterocycles. The molecule has 4 heterocycles. The van der Waals surface area contributed by atoms with Crippen molar-refractivity contribution in [3.8, 4) is 0 Å². The lowest BCUT2D eigenvalue weighted by atomic mass is 9.93. The molecule has 8 heteroatoms. The quantitative estimate of drug-likeness (QED) is 0.874. The molecular formula is C17H25N7O. The Morgan fingerprint density at radius 1 is 1.24 bits per heavy atom. The van der Waals surface area contributed by atoms with E-state index in [-0.39, 0.29) is 11.9 Å². The smallest absolute Gasteiger partial charge is 0.241 e. The number of nitrogens with one attached hydrogen (secondary N) is 1. The third-order valence-corrected chi connectivity index (χ3v) is 5.53. The molecule has 0 spiro atoms. The number of carbonyl (C=O) groups excluding carboxylic acids is 1. The number of aromatic amines is 1. The van der Waals surface area contributed by atoms with Crippen molar-refractivity contribution in [3.05, 3.63) is 29.1 Å². The summed E-state index contributed by atoms with van der Waals surface area (Å²) >= 11 is 0. The minimum absolute atomic E-state index is 0.133. The van der Waals surface area contributed by atoms with Crippen LogP contribution >= 0.6 is 0 Å². The van der Waals surface area contributed by atoms with Gasteiger partial charge in [-0.3, -0.25) is 14.8 Å². The third-order valence-electron chi connectivity index (χ3n) is 5.53. The van der Waals surface area contributed by atoms with Gasteiger partial charge in [0.2, 0.25) is 5.91 Å². The Labute approximate surface area is 147 Å². The van der Waals surface area contributed by atoms with Gasteiger partial charge in [-0.15, -0.1) is 10.2 Å². The van der Waals surface area contributed by atoms with Crippen molar-refractivity contribution >= 4 is 5.91 Å². The van der Waals surface area contributed by atoms with Gasteiger partial charge < -0.3 is 9.47 Å². The van der Waals surface area contributed by atoms with Crippen LogP contribution in [0.4, 0.5) is 0 Å². The third kappa shape index (κ3) is 2.95. The maximum Gasteiger partial charge on any atom is 0.241 e. The van der Waals surface area contributed by atoms with E-state index in [0.29, 0.717) is 19.0 Å². The standard InChI is InChI=1S/C17H25N7O/c1-11-8-14(20-18-11)13-4-6-23(7-5-13)17(25)15-9-24-12(2)19-21-16(24)10-22(15)3/h8,13,15H,4-7,9-10H2,1-3H3,(H,18,20). The van der Waals surface area contributed by atoms with E-state index >= 15 is 0 Å². The zero-order chi connectivity index (χ0) is 17.6. The lowest BCUT2D eigenvalue weighted by Gasteiger charge is -2.38. The number of aromatic nitrogens is 5. The summed E-state index contributed by atoms with van der Waals surface area (Å²) in [6, 6.07) is 1.99. The SMILES string of the molecule is Cc1cc(C2CCN(C(=O)C3Cn4c(C)nnc4CN3C)CC2)n[nH]1. The Balaban J connectivity index is 1.41. The Hall–Kier alpha value is -2.22. The number of nitrogens with zero attached hydrogens (tertiary/aromatic N) is 6. The van der Waals surface area contributed by atoms with Gasteiger partial charge in [0.15, 0.2) is 0 Å². The molecule has 1 unspecified atom stereocenters. The number of carbonyl (C=O) groups is 1. The van der Waals surface area contributed by atoms with Crippen molar-refractivity contribution in [3.63, 3.8) is 0 Å². The van der Waals surface area contributed by atoms with Crippen LogP contribution in [0, 0.1) is 13.8 Å². The van der Waals surface area contributed by atoms with E-state index in [0.717, 1.165) is 49.0 Å². The Morgan fingerprint density at radius 3 is 2.68 bits per heavy atom. The molecule has 2 aliphatic rings. The number of likely N-dealkylation sites (N-methyl/N-ethyl adjacent to an activating group) is 1. The zero-order valence-corrected chi connectivity index (χ0v) is 15.1. The van der Waals surface area contributed by atoms with Crippen LogP contribution in [0.25, 0.3) is 0 Å². The molecule has 0 aliphatic carbocycles. The number of hydrogen-bond donors (Lipinski definition) is 1. The van der Waals surface area contributed by atoms with Gasteiger partial charge in [0.1, 0.15) is 17.7 Å². The van der Waals surface area contributed by atoms with Gasteiger partial charge in [0.05, 0.1) is 18.8 Å². The van der Waals surface area contributed by atoms with Gasteiger partial charge in [-0.25, -0.2) is 0 Å². The molecule has 1 atom stereocenters. The van der Waals surface area contributed by atoms with E-state index < -0.39 is 0 Å². The lowest BCUT2D eigenvalue weighted by Crippen LogP contribution is -2.53. The molecule has 134 valence electrons. The van der Waals surface area contributed by atoms with E-state index in [1.165, 1.54) is 0 Å². The predicted octanol–water partition coefficient (Wildman–Crippen LogP) is 0.838. The highest BCUT2D eigenvalue weighted by Gasteiger charge is 2.35. The van der Waals surface area contributed by atoms with Gasteiger partial charge in [-0.2, -0.15) is 5.10 Å². The van der Waals surface area contributed by atoms with Crippen molar-refractivity contribution in [1.82, 2.24) is 34.8 Å². The summed E-state index contributed by atoms with van der Waals surface area (Å²) < 4.78 is 2.07. The van der Waals surface area contributed by atoms with E-state index in [1.54, 1.807) is 0 Å². The summed E-state index contributed by atoms with van der Waals surface area (Å²) in [5, 5.41) is 15.7. The molecule has 25 heavy (non-hydrogen) atoms. The second kappa shape index (κ2) is 6.25. The Bertz CT molecular complexity index is 772. The van der Waals surface area contributed by atoms with Gasteiger partial charge in [0.25, 0.3) is 0 Å². The summed E-state index contributed by atoms with van der Waals surface area (Å²) in [5.74, 6) is 2.49. The summed E-state index contributed by atoms with van der Waals surface area (Å²) in [6.07, 6.45) is 1.95. The Kier molecular flexibility index (Phi) is 4.07. The van der Waals surface area contributed by atoms with Gasteiger partial charge in [0, 0.05) is 24.7 Å². The number of aryl methyl sites for hydroxylation is 2. The number of likely N-dealkylation sites (tertiary alicyclic amines) is 1. The second-order valence-corrected chi connectivity index (χ2v) is 7.28. The van der Waals surface area contributed by atoms with Crippen LogP contribution in [0.1, 0.15) is 41.8 Å². The second-order valence-electron chi connectivity index (χ2n) is 7.28. The van der Waals surface area contributed by atoms with Crippen molar-refractivity contribution in [2.45, 2.75) is 51.7 Å². The van der Waals surface area contributed by atoms with Crippen molar-refractivity contribution in [1.29, 1.82) is 0 Å². The maximum atomic E-state index is 13.1. The first-order chi connectivity index (χ1) is 12.0. The van der Waals surface area contributed by atoms with E-state index in [1.807, 2.05) is 25.8 Å². The van der Waals surface area contributed by atoms with Crippen LogP contribution in [0.2, 0.25) is 0 Å². The highest BCUT2D eigenvalue weighted by atomic mass is 16.2. The summed E-state index contributed by atoms with van der Waals surface area (Å²) in [6.45, 7) is 6.87. The van der Waals surface area contributed by atoms with E-state index in [2.05, 4.69) is 35.9 Å².